The molecule has 0 unspecified atom stereocenters. The Labute approximate surface area is 111 Å². The van der Waals surface area contributed by atoms with Crippen molar-refractivity contribution in [2.45, 2.75) is 46.1 Å². The van der Waals surface area contributed by atoms with Gasteiger partial charge in [-0.25, -0.2) is 0 Å². The molecule has 1 saturated carbocycles. The molecule has 0 saturated heterocycles. The van der Waals surface area contributed by atoms with Gasteiger partial charge in [-0.2, -0.15) is 0 Å². The fraction of sp³-hybridized carbons (Fsp3) is 0.625. The molecule has 2 rings (SSSR count). The topological polar surface area (TPSA) is 35.2 Å². The first-order chi connectivity index (χ1) is 8.26. The highest BCUT2D eigenvalue weighted by Gasteiger charge is 2.46. The molecule has 18 heavy (non-hydrogen) atoms. The lowest BCUT2D eigenvalue weighted by Crippen LogP contribution is -2.52. The molecule has 2 nitrogen and oxygen atoms in total. The Kier molecular flexibility index (Phi) is 3.18. The van der Waals surface area contributed by atoms with Gasteiger partial charge in [-0.1, -0.05) is 32.9 Å². The number of benzene rings is 1. The summed E-state index contributed by atoms with van der Waals surface area (Å²) in [6.45, 7) is 8.96. The molecule has 0 spiro atoms. The van der Waals surface area contributed by atoms with E-state index in [2.05, 4.69) is 45.9 Å². The number of methoxy groups -OCH3 is 1. The molecule has 100 valence electrons. The summed E-state index contributed by atoms with van der Waals surface area (Å²) >= 11 is 0. The SMILES string of the molecule is COc1cc(C2(N)CC(C(C)(C)C)C2)ccc1C. The van der Waals surface area contributed by atoms with E-state index in [1.807, 2.05) is 0 Å². The van der Waals surface area contributed by atoms with Gasteiger partial charge in [0, 0.05) is 5.54 Å². The Morgan fingerprint density at radius 1 is 1.28 bits per heavy atom. The smallest absolute Gasteiger partial charge is 0.122 e. The van der Waals surface area contributed by atoms with Crippen LogP contribution in [-0.4, -0.2) is 7.11 Å². The van der Waals surface area contributed by atoms with E-state index in [1.54, 1.807) is 7.11 Å². The van der Waals surface area contributed by atoms with Crippen LogP contribution in [-0.2, 0) is 5.54 Å². The lowest BCUT2D eigenvalue weighted by atomic mass is 9.57. The minimum atomic E-state index is -0.154. The van der Waals surface area contributed by atoms with Crippen molar-refractivity contribution in [3.8, 4) is 5.75 Å². The van der Waals surface area contributed by atoms with E-state index >= 15 is 0 Å². The fourth-order valence-electron chi connectivity index (χ4n) is 2.80. The van der Waals surface area contributed by atoms with E-state index in [1.165, 1.54) is 5.56 Å². The third-order valence-electron chi connectivity index (χ3n) is 4.43. The van der Waals surface area contributed by atoms with E-state index in [9.17, 15) is 0 Å². The number of rotatable bonds is 2. The summed E-state index contributed by atoms with van der Waals surface area (Å²) in [6, 6.07) is 6.36. The zero-order chi connectivity index (χ0) is 13.6. The molecule has 0 heterocycles. The summed E-state index contributed by atoms with van der Waals surface area (Å²) in [7, 11) is 1.72. The van der Waals surface area contributed by atoms with Crippen molar-refractivity contribution in [1.82, 2.24) is 0 Å². The molecule has 0 radical (unpaired) electrons. The minimum absolute atomic E-state index is 0.154. The van der Waals surface area contributed by atoms with Crippen molar-refractivity contribution in [3.05, 3.63) is 29.3 Å². The van der Waals surface area contributed by atoms with Crippen LogP contribution in [0.5, 0.6) is 5.75 Å². The van der Waals surface area contributed by atoms with E-state index < -0.39 is 0 Å². The van der Waals surface area contributed by atoms with Crippen LogP contribution in [0.4, 0.5) is 0 Å². The van der Waals surface area contributed by atoms with Gasteiger partial charge in [-0.05, 0) is 48.3 Å². The van der Waals surface area contributed by atoms with Crippen LogP contribution in [0.15, 0.2) is 18.2 Å². The van der Waals surface area contributed by atoms with Crippen molar-refractivity contribution in [2.75, 3.05) is 7.11 Å². The summed E-state index contributed by atoms with van der Waals surface area (Å²) in [6.07, 6.45) is 2.14. The second-order valence-corrected chi connectivity index (χ2v) is 6.81. The second-order valence-electron chi connectivity index (χ2n) is 6.81. The van der Waals surface area contributed by atoms with E-state index in [0.717, 1.165) is 30.1 Å². The maximum Gasteiger partial charge on any atom is 0.122 e. The summed E-state index contributed by atoms with van der Waals surface area (Å²) in [5, 5.41) is 0. The molecule has 2 heteroatoms. The second kappa shape index (κ2) is 4.27. The van der Waals surface area contributed by atoms with Gasteiger partial charge in [-0.3, -0.25) is 0 Å². The van der Waals surface area contributed by atoms with Crippen molar-refractivity contribution < 1.29 is 4.74 Å². The van der Waals surface area contributed by atoms with Crippen molar-refractivity contribution in [1.29, 1.82) is 0 Å². The quantitative estimate of drug-likeness (QED) is 0.866. The fourth-order valence-corrected chi connectivity index (χ4v) is 2.80. The summed E-state index contributed by atoms with van der Waals surface area (Å²) in [4.78, 5) is 0. The first-order valence-corrected chi connectivity index (χ1v) is 6.70. The van der Waals surface area contributed by atoms with Gasteiger partial charge in [0.2, 0.25) is 0 Å². The Balaban J connectivity index is 2.19. The van der Waals surface area contributed by atoms with Crippen LogP contribution in [0.3, 0.4) is 0 Å². The predicted molar refractivity (Wildman–Crippen MR) is 75.8 cm³/mol. The molecule has 0 amide bonds. The molecule has 2 N–H and O–H groups in total. The molecular weight excluding hydrogens is 222 g/mol. The van der Waals surface area contributed by atoms with Crippen LogP contribution in [0, 0.1) is 18.3 Å². The number of aryl methyl sites for hydroxylation is 1. The van der Waals surface area contributed by atoms with Crippen LogP contribution >= 0.6 is 0 Å². The molecule has 0 atom stereocenters. The number of ether oxygens (including phenoxy) is 1. The van der Waals surface area contributed by atoms with Gasteiger partial charge in [0.05, 0.1) is 7.11 Å². The lowest BCUT2D eigenvalue weighted by Gasteiger charge is -2.51. The number of hydrogen-bond donors (Lipinski definition) is 1. The van der Waals surface area contributed by atoms with E-state index in [0.29, 0.717) is 5.41 Å². The predicted octanol–water partition coefficient (Wildman–Crippen LogP) is 3.61. The van der Waals surface area contributed by atoms with Crippen LogP contribution < -0.4 is 10.5 Å². The molecule has 1 aromatic carbocycles. The van der Waals surface area contributed by atoms with Gasteiger partial charge >= 0.3 is 0 Å². The zero-order valence-corrected chi connectivity index (χ0v) is 12.2. The Morgan fingerprint density at radius 3 is 2.39 bits per heavy atom. The van der Waals surface area contributed by atoms with Gasteiger partial charge in [0.25, 0.3) is 0 Å². The molecule has 0 aromatic heterocycles. The van der Waals surface area contributed by atoms with Crippen LogP contribution in [0.1, 0.15) is 44.7 Å². The van der Waals surface area contributed by atoms with Crippen molar-refractivity contribution in [3.63, 3.8) is 0 Å². The highest BCUT2D eigenvalue weighted by Crippen LogP contribution is 2.51. The Bertz CT molecular complexity index is 439. The first kappa shape index (κ1) is 13.4. The van der Waals surface area contributed by atoms with Gasteiger partial charge < -0.3 is 10.5 Å². The van der Waals surface area contributed by atoms with Crippen LogP contribution in [0.2, 0.25) is 0 Å². The normalized spacial score (nSPS) is 27.8. The summed E-state index contributed by atoms with van der Waals surface area (Å²) in [5.74, 6) is 1.66. The largest absolute Gasteiger partial charge is 0.496 e. The highest BCUT2D eigenvalue weighted by molar-refractivity contribution is 5.40. The average Bonchev–Trinajstić information content (AvgIpc) is 2.24. The third-order valence-corrected chi connectivity index (χ3v) is 4.43. The third kappa shape index (κ3) is 2.26. The Hall–Kier alpha value is -1.02. The average molecular weight is 247 g/mol. The van der Waals surface area contributed by atoms with E-state index in [-0.39, 0.29) is 5.54 Å². The number of hydrogen-bond acceptors (Lipinski definition) is 2. The monoisotopic (exact) mass is 247 g/mol. The molecule has 0 aliphatic heterocycles. The molecule has 1 aromatic rings. The van der Waals surface area contributed by atoms with E-state index in [4.69, 9.17) is 10.5 Å². The molecule has 1 aliphatic carbocycles. The molecule has 0 bridgehead atoms. The summed E-state index contributed by atoms with van der Waals surface area (Å²) in [5.41, 5.74) is 9.11. The summed E-state index contributed by atoms with van der Waals surface area (Å²) < 4.78 is 5.39. The first-order valence-electron chi connectivity index (χ1n) is 6.70. The number of nitrogens with two attached hydrogens (primary N) is 1. The lowest BCUT2D eigenvalue weighted by molar-refractivity contribution is 0.0488. The van der Waals surface area contributed by atoms with Crippen molar-refractivity contribution in [2.24, 2.45) is 17.1 Å². The minimum Gasteiger partial charge on any atom is -0.496 e. The van der Waals surface area contributed by atoms with Crippen LogP contribution in [0.25, 0.3) is 0 Å². The van der Waals surface area contributed by atoms with Gasteiger partial charge in [-0.15, -0.1) is 0 Å². The maximum atomic E-state index is 6.53. The Morgan fingerprint density at radius 2 is 1.89 bits per heavy atom. The molecule has 1 fully saturated rings. The highest BCUT2D eigenvalue weighted by atomic mass is 16.5. The van der Waals surface area contributed by atoms with Gasteiger partial charge in [0.15, 0.2) is 0 Å². The zero-order valence-electron chi connectivity index (χ0n) is 12.2. The van der Waals surface area contributed by atoms with Gasteiger partial charge in [0.1, 0.15) is 5.75 Å². The molecule has 1 aliphatic rings. The van der Waals surface area contributed by atoms with Crippen molar-refractivity contribution >= 4 is 0 Å². The maximum absolute atomic E-state index is 6.53. The standard InChI is InChI=1S/C16H25NO/c1-11-6-7-12(8-14(11)18-5)16(17)9-13(10-16)15(2,3)4/h6-8,13H,9-10,17H2,1-5H3. The molecular formula is C16H25NO.